The van der Waals surface area contributed by atoms with Gasteiger partial charge in [-0.1, -0.05) is 30.3 Å². The van der Waals surface area contributed by atoms with Gasteiger partial charge in [0.15, 0.2) is 0 Å². The van der Waals surface area contributed by atoms with Crippen LogP contribution in [0, 0.1) is 11.6 Å². The van der Waals surface area contributed by atoms with E-state index in [2.05, 4.69) is 10.4 Å². The average Bonchev–Trinajstić information content (AvgIpc) is 3.46. The summed E-state index contributed by atoms with van der Waals surface area (Å²) >= 11 is 0. The zero-order valence-electron chi connectivity index (χ0n) is 22.1. The molecule has 0 aliphatic carbocycles. The van der Waals surface area contributed by atoms with E-state index in [4.69, 9.17) is 9.47 Å². The number of rotatable bonds is 7. The molecule has 8 heteroatoms. The molecule has 1 N–H and O–H groups in total. The minimum atomic E-state index is -0.505. The van der Waals surface area contributed by atoms with E-state index in [0.717, 1.165) is 5.75 Å². The van der Waals surface area contributed by atoms with Crippen molar-refractivity contribution in [2.45, 2.75) is 0 Å². The predicted molar refractivity (Wildman–Crippen MR) is 157 cm³/mol. The highest BCUT2D eigenvalue weighted by molar-refractivity contribution is 5.92. The second-order valence-electron chi connectivity index (χ2n) is 9.29. The number of carbonyl (C=O) groups is 1. The Bertz CT molecular complexity index is 1740. The van der Waals surface area contributed by atoms with Crippen molar-refractivity contribution in [2.75, 3.05) is 5.32 Å². The maximum atomic E-state index is 13.5. The van der Waals surface area contributed by atoms with Gasteiger partial charge in [-0.15, -0.1) is 0 Å². The minimum absolute atomic E-state index is 0.381. The summed E-state index contributed by atoms with van der Waals surface area (Å²) in [5, 5.41) is 7.28. The molecule has 0 radical (unpaired) electrons. The van der Waals surface area contributed by atoms with Crippen LogP contribution in [0.3, 0.4) is 0 Å². The van der Waals surface area contributed by atoms with Gasteiger partial charge >= 0.3 is 6.03 Å². The summed E-state index contributed by atoms with van der Waals surface area (Å²) in [6, 6.07) is 34.8. The summed E-state index contributed by atoms with van der Waals surface area (Å²) in [6.45, 7) is 0. The molecule has 42 heavy (non-hydrogen) atoms. The van der Waals surface area contributed by atoms with Crippen molar-refractivity contribution in [3.05, 3.63) is 145 Å². The van der Waals surface area contributed by atoms with Gasteiger partial charge < -0.3 is 14.8 Å². The molecule has 0 unspecified atom stereocenters. The fourth-order valence-corrected chi connectivity index (χ4v) is 4.26. The second-order valence-corrected chi connectivity index (χ2v) is 9.29. The molecular formula is C34H23F2N3O3. The highest BCUT2D eigenvalue weighted by Gasteiger charge is 2.17. The van der Waals surface area contributed by atoms with Gasteiger partial charge in [0.25, 0.3) is 0 Å². The molecule has 206 valence electrons. The number of nitrogens with zero attached hydrogens (tertiary/aromatic N) is 2. The van der Waals surface area contributed by atoms with E-state index in [0.29, 0.717) is 45.3 Å². The Labute approximate surface area is 240 Å². The largest absolute Gasteiger partial charge is 0.457 e. The van der Waals surface area contributed by atoms with Crippen LogP contribution in [0.4, 0.5) is 19.3 Å². The van der Waals surface area contributed by atoms with Crippen molar-refractivity contribution < 1.29 is 23.0 Å². The number of ether oxygens (including phenoxy) is 2. The monoisotopic (exact) mass is 559 g/mol. The molecule has 0 aliphatic heterocycles. The predicted octanol–water partition coefficient (Wildman–Crippen LogP) is 9.16. The number of hydrogen-bond donors (Lipinski definition) is 1. The number of benzene rings is 5. The summed E-state index contributed by atoms with van der Waals surface area (Å²) in [7, 11) is 0. The molecule has 0 atom stereocenters. The van der Waals surface area contributed by atoms with E-state index in [1.54, 1.807) is 54.7 Å². The van der Waals surface area contributed by atoms with Gasteiger partial charge in [0.05, 0.1) is 0 Å². The lowest BCUT2D eigenvalue weighted by molar-refractivity contribution is 0.251. The van der Waals surface area contributed by atoms with E-state index in [1.807, 2.05) is 54.6 Å². The number of carbonyl (C=O) groups excluding carboxylic acids is 1. The summed E-state index contributed by atoms with van der Waals surface area (Å²) < 4.78 is 40.0. The van der Waals surface area contributed by atoms with E-state index >= 15 is 0 Å². The number of aromatic nitrogens is 2. The second kappa shape index (κ2) is 11.8. The lowest BCUT2D eigenvalue weighted by atomic mass is 10.0. The lowest BCUT2D eigenvalue weighted by Gasteiger charge is -2.09. The van der Waals surface area contributed by atoms with Crippen molar-refractivity contribution in [3.63, 3.8) is 0 Å². The number of amides is 1. The van der Waals surface area contributed by atoms with Crippen LogP contribution in [0.2, 0.25) is 0 Å². The molecule has 1 aromatic heterocycles. The Morgan fingerprint density at radius 1 is 0.595 bits per heavy atom. The number of halogens is 2. The first kappa shape index (κ1) is 26.5. The molecule has 6 nitrogen and oxygen atoms in total. The smallest absolute Gasteiger partial charge is 0.346 e. The molecule has 0 saturated heterocycles. The van der Waals surface area contributed by atoms with Crippen LogP contribution < -0.4 is 14.8 Å². The summed E-state index contributed by atoms with van der Waals surface area (Å²) in [5.41, 5.74) is 2.86. The SMILES string of the molecule is O=C(Nc1ccc(Oc2ccc(Oc3ccccc3)cc2)cc1)n1cc(-c2ccc(F)cc2)c(-c2ccc(F)cc2)n1. The Morgan fingerprint density at radius 2 is 1.07 bits per heavy atom. The molecule has 0 fully saturated rings. The molecule has 0 saturated carbocycles. The topological polar surface area (TPSA) is 65.4 Å². The summed E-state index contributed by atoms with van der Waals surface area (Å²) in [6.07, 6.45) is 1.56. The third-order valence-electron chi connectivity index (χ3n) is 6.34. The number of hydrogen-bond acceptors (Lipinski definition) is 4. The van der Waals surface area contributed by atoms with Crippen molar-refractivity contribution in [2.24, 2.45) is 0 Å². The standard InChI is InChI=1S/C34H23F2N3O3/c35-25-10-6-23(7-11-25)32-22-39(38-33(32)24-8-12-26(36)13-9-24)34(40)37-27-14-16-29(17-15-27)42-31-20-18-30(19-21-31)41-28-4-2-1-3-5-28/h1-22H,(H,37,40). The van der Waals surface area contributed by atoms with Crippen LogP contribution in [0.25, 0.3) is 22.4 Å². The number of nitrogens with one attached hydrogen (secondary N) is 1. The van der Waals surface area contributed by atoms with Gasteiger partial charge in [-0.25, -0.2) is 13.6 Å². The molecule has 1 heterocycles. The zero-order valence-corrected chi connectivity index (χ0v) is 22.1. The van der Waals surface area contributed by atoms with Crippen LogP contribution in [0.5, 0.6) is 23.0 Å². The third-order valence-corrected chi connectivity index (χ3v) is 6.34. The molecular weight excluding hydrogens is 536 g/mol. The van der Waals surface area contributed by atoms with Gasteiger partial charge in [0.2, 0.25) is 0 Å². The van der Waals surface area contributed by atoms with Crippen LogP contribution in [-0.4, -0.2) is 15.8 Å². The minimum Gasteiger partial charge on any atom is -0.457 e. The molecule has 6 aromatic rings. The number of para-hydroxylation sites is 1. The van der Waals surface area contributed by atoms with E-state index < -0.39 is 6.03 Å². The van der Waals surface area contributed by atoms with Gasteiger partial charge in [-0.05, 0) is 103 Å². The van der Waals surface area contributed by atoms with Crippen LogP contribution in [-0.2, 0) is 0 Å². The summed E-state index contributed by atoms with van der Waals surface area (Å²) in [4.78, 5) is 13.1. The normalized spacial score (nSPS) is 10.7. The molecule has 0 spiro atoms. The van der Waals surface area contributed by atoms with Crippen LogP contribution >= 0.6 is 0 Å². The van der Waals surface area contributed by atoms with Crippen molar-refractivity contribution in [1.29, 1.82) is 0 Å². The maximum absolute atomic E-state index is 13.5. The molecule has 0 aliphatic rings. The highest BCUT2D eigenvalue weighted by atomic mass is 19.1. The molecule has 1 amide bonds. The Morgan fingerprint density at radius 3 is 1.62 bits per heavy atom. The lowest BCUT2D eigenvalue weighted by Crippen LogP contribution is -2.19. The summed E-state index contributed by atoms with van der Waals surface area (Å²) in [5.74, 6) is 1.88. The number of anilines is 1. The molecule has 0 bridgehead atoms. The van der Waals surface area contributed by atoms with Crippen molar-refractivity contribution in [1.82, 2.24) is 9.78 Å². The molecule has 6 rings (SSSR count). The first-order valence-corrected chi connectivity index (χ1v) is 13.0. The Kier molecular flexibility index (Phi) is 7.42. The van der Waals surface area contributed by atoms with Gasteiger partial charge in [-0.2, -0.15) is 9.78 Å². The van der Waals surface area contributed by atoms with Gasteiger partial charge in [-0.3, -0.25) is 0 Å². The molecule has 5 aromatic carbocycles. The zero-order chi connectivity index (χ0) is 28.9. The fourth-order valence-electron chi connectivity index (χ4n) is 4.26. The third kappa shape index (κ3) is 6.18. The van der Waals surface area contributed by atoms with E-state index in [1.165, 1.54) is 28.9 Å². The van der Waals surface area contributed by atoms with Gasteiger partial charge in [0, 0.05) is 23.0 Å². The Hall–Kier alpha value is -5.76. The Balaban J connectivity index is 1.15. The average molecular weight is 560 g/mol. The highest BCUT2D eigenvalue weighted by Crippen LogP contribution is 2.32. The van der Waals surface area contributed by atoms with Crippen molar-refractivity contribution in [3.8, 4) is 45.4 Å². The van der Waals surface area contributed by atoms with Crippen molar-refractivity contribution >= 4 is 11.7 Å². The maximum Gasteiger partial charge on any atom is 0.346 e. The quantitative estimate of drug-likeness (QED) is 0.212. The van der Waals surface area contributed by atoms with E-state index in [9.17, 15) is 13.6 Å². The van der Waals surface area contributed by atoms with Gasteiger partial charge in [0.1, 0.15) is 40.3 Å². The van der Waals surface area contributed by atoms with Crippen LogP contribution in [0.15, 0.2) is 134 Å². The fraction of sp³-hybridized carbons (Fsp3) is 0. The van der Waals surface area contributed by atoms with Crippen LogP contribution in [0.1, 0.15) is 0 Å². The first-order valence-electron chi connectivity index (χ1n) is 13.0. The first-order chi connectivity index (χ1) is 20.5. The van der Waals surface area contributed by atoms with E-state index in [-0.39, 0.29) is 11.6 Å².